The molecule has 0 unspecified atom stereocenters. The second kappa shape index (κ2) is 3.82. The Morgan fingerprint density at radius 2 is 1.87 bits per heavy atom. The summed E-state index contributed by atoms with van der Waals surface area (Å²) in [4.78, 5) is 4.19. The van der Waals surface area contributed by atoms with Gasteiger partial charge in [-0.15, -0.1) is 12.4 Å². The zero-order valence-corrected chi connectivity index (χ0v) is 9.01. The number of benzene rings is 1. The average molecular weight is 226 g/mol. The third kappa shape index (κ3) is 1.76. The summed E-state index contributed by atoms with van der Waals surface area (Å²) in [5.41, 5.74) is 13.4. The molecule has 0 aliphatic heterocycles. The molecular formula is C10H12ClN3O. The molecule has 0 atom stereocenters. The predicted molar refractivity (Wildman–Crippen MR) is 64.2 cm³/mol. The summed E-state index contributed by atoms with van der Waals surface area (Å²) in [7, 11) is 0. The first-order chi connectivity index (χ1) is 6.59. The third-order valence-corrected chi connectivity index (χ3v) is 2.15. The highest BCUT2D eigenvalue weighted by Gasteiger charge is 2.08. The molecule has 0 saturated heterocycles. The number of rotatable bonds is 0. The van der Waals surface area contributed by atoms with E-state index in [-0.39, 0.29) is 23.8 Å². The molecule has 80 valence electrons. The summed E-state index contributed by atoms with van der Waals surface area (Å²) in [6, 6.07) is 5.20. The summed E-state index contributed by atoms with van der Waals surface area (Å²) >= 11 is 0. The number of hydrogen-bond donors (Lipinski definition) is 3. The van der Waals surface area contributed by atoms with E-state index in [1.165, 1.54) is 6.07 Å². The molecule has 0 aliphatic carbocycles. The fourth-order valence-electron chi connectivity index (χ4n) is 1.42. The van der Waals surface area contributed by atoms with Crippen LogP contribution in [0.15, 0.2) is 18.2 Å². The highest BCUT2D eigenvalue weighted by atomic mass is 35.5. The lowest BCUT2D eigenvalue weighted by atomic mass is 10.1. The van der Waals surface area contributed by atoms with Crippen LogP contribution >= 0.6 is 12.4 Å². The average Bonchev–Trinajstić information content (AvgIpc) is 2.14. The molecular weight excluding hydrogens is 214 g/mol. The smallest absolute Gasteiger partial charge is 0.165 e. The Morgan fingerprint density at radius 1 is 1.20 bits per heavy atom. The van der Waals surface area contributed by atoms with E-state index in [1.54, 1.807) is 0 Å². The monoisotopic (exact) mass is 225 g/mol. The first-order valence-electron chi connectivity index (χ1n) is 4.24. The van der Waals surface area contributed by atoms with Gasteiger partial charge in [-0.3, -0.25) is 0 Å². The minimum atomic E-state index is -0.00194. The third-order valence-electron chi connectivity index (χ3n) is 2.15. The molecule has 0 bridgehead atoms. The number of nitrogens with zero attached hydrogens (tertiary/aromatic N) is 1. The van der Waals surface area contributed by atoms with Gasteiger partial charge in [0.15, 0.2) is 5.75 Å². The van der Waals surface area contributed by atoms with Gasteiger partial charge in [-0.1, -0.05) is 0 Å². The summed E-state index contributed by atoms with van der Waals surface area (Å²) in [6.07, 6.45) is 0. The van der Waals surface area contributed by atoms with Gasteiger partial charge < -0.3 is 16.6 Å². The van der Waals surface area contributed by atoms with Crippen LogP contribution in [0.5, 0.6) is 5.75 Å². The summed E-state index contributed by atoms with van der Waals surface area (Å²) in [5.74, 6) is -0.00194. The summed E-state index contributed by atoms with van der Waals surface area (Å²) < 4.78 is 0. The van der Waals surface area contributed by atoms with Gasteiger partial charge in [0.25, 0.3) is 0 Å². The van der Waals surface area contributed by atoms with E-state index in [2.05, 4.69) is 4.98 Å². The summed E-state index contributed by atoms with van der Waals surface area (Å²) in [6.45, 7) is 1.85. The molecule has 4 nitrogen and oxygen atoms in total. The van der Waals surface area contributed by atoms with Crippen LogP contribution in [0.25, 0.3) is 10.9 Å². The Hall–Kier alpha value is -1.68. The van der Waals surface area contributed by atoms with Crippen LogP contribution in [0.2, 0.25) is 0 Å². The lowest BCUT2D eigenvalue weighted by molar-refractivity contribution is 0.483. The van der Waals surface area contributed by atoms with Crippen molar-refractivity contribution in [3.63, 3.8) is 0 Å². The van der Waals surface area contributed by atoms with Gasteiger partial charge in [0.2, 0.25) is 0 Å². The first-order valence-corrected chi connectivity index (χ1v) is 4.24. The Morgan fingerprint density at radius 3 is 2.53 bits per heavy atom. The molecule has 0 fully saturated rings. The molecule has 0 aliphatic rings. The van der Waals surface area contributed by atoms with Gasteiger partial charge in [0.05, 0.1) is 5.69 Å². The van der Waals surface area contributed by atoms with Crippen molar-refractivity contribution < 1.29 is 5.11 Å². The van der Waals surface area contributed by atoms with Crippen LogP contribution in [0, 0.1) is 6.92 Å². The maximum Gasteiger partial charge on any atom is 0.165 e. The van der Waals surface area contributed by atoms with Crippen LogP contribution in [0.4, 0.5) is 11.4 Å². The SMILES string of the molecule is Cc1ccc2c(N)cc(N)c(O)c2n1.Cl. The van der Waals surface area contributed by atoms with E-state index in [1.807, 2.05) is 19.1 Å². The largest absolute Gasteiger partial charge is 0.504 e. The van der Waals surface area contributed by atoms with E-state index in [0.29, 0.717) is 11.2 Å². The molecule has 15 heavy (non-hydrogen) atoms. The van der Waals surface area contributed by atoms with Crippen LogP contribution in [0.3, 0.4) is 0 Å². The van der Waals surface area contributed by atoms with Crippen LogP contribution in [-0.4, -0.2) is 10.1 Å². The first kappa shape index (κ1) is 11.4. The molecule has 1 heterocycles. The molecule has 0 amide bonds. The van der Waals surface area contributed by atoms with Crippen molar-refractivity contribution in [2.75, 3.05) is 11.5 Å². The standard InChI is InChI=1S/C10H11N3O.ClH/c1-5-2-3-6-7(11)4-8(12)10(14)9(6)13-5;/h2-4,14H,11-12H2,1H3;1H. The number of aryl methyl sites for hydroxylation is 1. The Kier molecular flexibility index (Phi) is 2.90. The number of aromatic hydroxyl groups is 1. The molecule has 1 aromatic carbocycles. The van der Waals surface area contributed by atoms with E-state index >= 15 is 0 Å². The number of aromatic nitrogens is 1. The van der Waals surface area contributed by atoms with Gasteiger partial charge in [0.1, 0.15) is 5.52 Å². The lowest BCUT2D eigenvalue weighted by Crippen LogP contribution is -1.95. The number of halogens is 1. The maximum atomic E-state index is 9.66. The van der Waals surface area contributed by atoms with Crippen LogP contribution < -0.4 is 11.5 Å². The normalized spacial score (nSPS) is 9.93. The fraction of sp³-hybridized carbons (Fsp3) is 0.100. The molecule has 0 saturated carbocycles. The van der Waals surface area contributed by atoms with Crippen molar-refractivity contribution in [2.24, 2.45) is 0 Å². The van der Waals surface area contributed by atoms with Crippen molar-refractivity contribution in [3.05, 3.63) is 23.9 Å². The Balaban J connectivity index is 0.00000112. The molecule has 2 aromatic rings. The molecule has 1 aromatic heterocycles. The van der Waals surface area contributed by atoms with Crippen LogP contribution in [0.1, 0.15) is 5.69 Å². The predicted octanol–water partition coefficient (Wildman–Crippen LogP) is 1.84. The van der Waals surface area contributed by atoms with Gasteiger partial charge in [0, 0.05) is 16.8 Å². The van der Waals surface area contributed by atoms with Crippen molar-refractivity contribution in [3.8, 4) is 5.75 Å². The number of hydrogen-bond acceptors (Lipinski definition) is 4. The topological polar surface area (TPSA) is 85.2 Å². The fourth-order valence-corrected chi connectivity index (χ4v) is 1.42. The highest BCUT2D eigenvalue weighted by Crippen LogP contribution is 2.33. The van der Waals surface area contributed by atoms with E-state index in [0.717, 1.165) is 11.1 Å². The molecule has 2 rings (SSSR count). The Labute approximate surface area is 93.3 Å². The second-order valence-corrected chi connectivity index (χ2v) is 3.25. The number of pyridine rings is 1. The molecule has 5 N–H and O–H groups in total. The summed E-state index contributed by atoms with van der Waals surface area (Å²) in [5, 5.41) is 10.4. The van der Waals surface area contributed by atoms with Crippen molar-refractivity contribution in [2.45, 2.75) is 6.92 Å². The number of anilines is 2. The van der Waals surface area contributed by atoms with Crippen molar-refractivity contribution >= 4 is 34.7 Å². The van der Waals surface area contributed by atoms with E-state index < -0.39 is 0 Å². The zero-order chi connectivity index (χ0) is 10.3. The minimum Gasteiger partial charge on any atom is -0.504 e. The molecule has 0 radical (unpaired) electrons. The number of fused-ring (bicyclic) bond motifs is 1. The quantitative estimate of drug-likeness (QED) is 0.363. The molecule has 5 heteroatoms. The minimum absolute atomic E-state index is 0. The number of phenols is 1. The highest BCUT2D eigenvalue weighted by molar-refractivity contribution is 5.98. The number of phenolic OH excluding ortho intramolecular Hbond substituents is 1. The maximum absolute atomic E-state index is 9.66. The number of nitrogen functional groups attached to an aromatic ring is 2. The van der Waals surface area contributed by atoms with Gasteiger partial charge in [-0.05, 0) is 25.1 Å². The Bertz CT molecular complexity index is 513. The van der Waals surface area contributed by atoms with Crippen LogP contribution in [-0.2, 0) is 0 Å². The lowest BCUT2D eigenvalue weighted by Gasteiger charge is -2.07. The zero-order valence-electron chi connectivity index (χ0n) is 8.19. The second-order valence-electron chi connectivity index (χ2n) is 3.25. The van der Waals surface area contributed by atoms with Crippen molar-refractivity contribution in [1.82, 2.24) is 4.98 Å². The van der Waals surface area contributed by atoms with Gasteiger partial charge in [-0.2, -0.15) is 0 Å². The van der Waals surface area contributed by atoms with Gasteiger partial charge in [-0.25, -0.2) is 4.98 Å². The molecule has 0 spiro atoms. The number of nitrogens with two attached hydrogens (primary N) is 2. The van der Waals surface area contributed by atoms with Crippen molar-refractivity contribution in [1.29, 1.82) is 0 Å². The van der Waals surface area contributed by atoms with E-state index in [4.69, 9.17) is 11.5 Å². The van der Waals surface area contributed by atoms with E-state index in [9.17, 15) is 5.11 Å². The van der Waals surface area contributed by atoms with Gasteiger partial charge >= 0.3 is 0 Å².